The molecule has 0 unspecified atom stereocenters. The predicted octanol–water partition coefficient (Wildman–Crippen LogP) is 2.71. The van der Waals surface area contributed by atoms with Crippen LogP contribution in [0.5, 0.6) is 0 Å². The van der Waals surface area contributed by atoms with E-state index in [1.807, 2.05) is 0 Å². The fraction of sp³-hybridized carbons (Fsp3) is 0.500. The van der Waals surface area contributed by atoms with Gasteiger partial charge in [-0.15, -0.1) is 0 Å². The maximum absolute atomic E-state index is 14.0. The summed E-state index contributed by atoms with van der Waals surface area (Å²) in [5.41, 5.74) is 0.455. The highest BCUT2D eigenvalue weighted by Crippen LogP contribution is 2.27. The maximum atomic E-state index is 14.0. The number of carbonyl (C=O) groups excluding carboxylic acids is 1. The van der Waals surface area contributed by atoms with Gasteiger partial charge in [0.25, 0.3) is 0 Å². The van der Waals surface area contributed by atoms with Gasteiger partial charge in [-0.05, 0) is 19.1 Å². The number of carbonyl (C=O) groups is 1. The second-order valence-corrected chi connectivity index (χ2v) is 5.07. The second kappa shape index (κ2) is 6.01. The van der Waals surface area contributed by atoms with Crippen LogP contribution in [0.15, 0.2) is 18.2 Å². The lowest BCUT2D eigenvalue weighted by atomic mass is 10.1. The average molecular weight is 304 g/mol. The molecule has 7 heteroatoms. The molecule has 0 saturated carbocycles. The summed E-state index contributed by atoms with van der Waals surface area (Å²) in [7, 11) is 0. The molecule has 0 aliphatic carbocycles. The van der Waals surface area contributed by atoms with Crippen LogP contribution in [0.4, 0.5) is 23.2 Å². The Morgan fingerprint density at radius 1 is 1.19 bits per heavy atom. The van der Waals surface area contributed by atoms with Gasteiger partial charge in [0.05, 0.1) is 12.2 Å². The van der Waals surface area contributed by atoms with Gasteiger partial charge in [-0.2, -0.15) is 13.2 Å². The summed E-state index contributed by atoms with van der Waals surface area (Å²) < 4.78 is 51.0. The number of alkyl halides is 3. The lowest BCUT2D eigenvalue weighted by molar-refractivity contribution is -0.146. The van der Waals surface area contributed by atoms with Crippen molar-refractivity contribution in [3.8, 4) is 0 Å². The number of para-hydroxylation sites is 1. The zero-order chi connectivity index (χ0) is 15.6. The number of Topliss-reactive ketones (excluding diaryl/α,β-unsaturated/α-hetero) is 1. The number of anilines is 1. The number of piperazine rings is 1. The fourth-order valence-electron chi connectivity index (χ4n) is 2.50. The lowest BCUT2D eigenvalue weighted by Crippen LogP contribution is -2.49. The average Bonchev–Trinajstić information content (AvgIpc) is 2.37. The van der Waals surface area contributed by atoms with Crippen molar-refractivity contribution < 1.29 is 22.4 Å². The third kappa shape index (κ3) is 3.93. The summed E-state index contributed by atoms with van der Waals surface area (Å²) in [5, 5.41) is 0. The van der Waals surface area contributed by atoms with Crippen LogP contribution in [0.1, 0.15) is 17.3 Å². The number of rotatable bonds is 3. The number of benzene rings is 1. The fourth-order valence-corrected chi connectivity index (χ4v) is 2.50. The van der Waals surface area contributed by atoms with Crippen molar-refractivity contribution >= 4 is 11.5 Å². The monoisotopic (exact) mass is 304 g/mol. The standard InChI is InChI=1S/C14H16F4N2O/c1-10(21)11-3-2-4-12(15)13(11)20-7-5-19(6-8-20)9-14(16,17)18/h2-4H,5-9H2,1H3. The van der Waals surface area contributed by atoms with Crippen LogP contribution in [-0.4, -0.2) is 49.6 Å². The van der Waals surface area contributed by atoms with Crippen LogP contribution in [-0.2, 0) is 0 Å². The molecule has 1 aromatic carbocycles. The van der Waals surface area contributed by atoms with Gasteiger partial charge in [0.1, 0.15) is 5.82 Å². The van der Waals surface area contributed by atoms with Gasteiger partial charge >= 0.3 is 6.18 Å². The third-order valence-electron chi connectivity index (χ3n) is 3.46. The Kier molecular flexibility index (Phi) is 4.51. The minimum atomic E-state index is -4.23. The normalized spacial score (nSPS) is 17.1. The molecule has 116 valence electrons. The number of hydrogen-bond donors (Lipinski definition) is 0. The van der Waals surface area contributed by atoms with E-state index in [0.29, 0.717) is 0 Å². The molecule has 1 fully saturated rings. The van der Waals surface area contributed by atoms with Gasteiger partial charge in [-0.1, -0.05) is 6.07 Å². The molecule has 0 radical (unpaired) electrons. The lowest BCUT2D eigenvalue weighted by Gasteiger charge is -2.37. The van der Waals surface area contributed by atoms with E-state index in [4.69, 9.17) is 0 Å². The van der Waals surface area contributed by atoms with Crippen LogP contribution in [0, 0.1) is 5.82 Å². The molecule has 1 aliphatic rings. The molecule has 1 heterocycles. The zero-order valence-electron chi connectivity index (χ0n) is 11.6. The molecule has 3 nitrogen and oxygen atoms in total. The topological polar surface area (TPSA) is 23.6 Å². The summed E-state index contributed by atoms with van der Waals surface area (Å²) >= 11 is 0. The van der Waals surface area contributed by atoms with Gasteiger partial charge in [-0.3, -0.25) is 9.69 Å². The summed E-state index contributed by atoms with van der Waals surface area (Å²) in [6.45, 7) is 1.28. The number of halogens is 4. The summed E-state index contributed by atoms with van der Waals surface area (Å²) in [5.74, 6) is -0.783. The Morgan fingerprint density at radius 3 is 2.33 bits per heavy atom. The summed E-state index contributed by atoms with van der Waals surface area (Å²) in [4.78, 5) is 14.5. The molecule has 2 rings (SSSR count). The predicted molar refractivity (Wildman–Crippen MR) is 71.1 cm³/mol. The summed E-state index contributed by atoms with van der Waals surface area (Å²) in [6.07, 6.45) is -4.23. The molecule has 1 saturated heterocycles. The molecular formula is C14H16F4N2O. The molecule has 0 amide bonds. The highest BCUT2D eigenvalue weighted by molar-refractivity contribution is 5.99. The molecule has 0 spiro atoms. The molecule has 0 N–H and O–H groups in total. The first kappa shape index (κ1) is 15.8. The first-order valence-electron chi connectivity index (χ1n) is 6.61. The minimum absolute atomic E-state index is 0.186. The van der Waals surface area contributed by atoms with Crippen molar-refractivity contribution in [3.05, 3.63) is 29.6 Å². The van der Waals surface area contributed by atoms with Crippen molar-refractivity contribution in [1.29, 1.82) is 0 Å². The van der Waals surface area contributed by atoms with Crippen molar-refractivity contribution in [2.24, 2.45) is 0 Å². The van der Waals surface area contributed by atoms with Crippen LogP contribution in [0.2, 0.25) is 0 Å². The minimum Gasteiger partial charge on any atom is -0.366 e. The number of hydrogen-bond acceptors (Lipinski definition) is 3. The highest BCUT2D eigenvalue weighted by atomic mass is 19.4. The molecule has 1 aliphatic heterocycles. The molecule has 0 aromatic heterocycles. The third-order valence-corrected chi connectivity index (χ3v) is 3.46. The highest BCUT2D eigenvalue weighted by Gasteiger charge is 2.32. The molecular weight excluding hydrogens is 288 g/mol. The largest absolute Gasteiger partial charge is 0.401 e. The van der Waals surface area contributed by atoms with Gasteiger partial charge < -0.3 is 4.90 Å². The Hall–Kier alpha value is -1.63. The van der Waals surface area contributed by atoms with Crippen LogP contribution < -0.4 is 4.90 Å². The van der Waals surface area contributed by atoms with E-state index >= 15 is 0 Å². The van der Waals surface area contributed by atoms with Crippen molar-refractivity contribution in [2.45, 2.75) is 13.1 Å². The smallest absolute Gasteiger partial charge is 0.366 e. The van der Waals surface area contributed by atoms with E-state index in [2.05, 4.69) is 0 Å². The molecule has 0 atom stereocenters. The maximum Gasteiger partial charge on any atom is 0.401 e. The van der Waals surface area contributed by atoms with E-state index in [-0.39, 0.29) is 43.2 Å². The molecule has 21 heavy (non-hydrogen) atoms. The van der Waals surface area contributed by atoms with Gasteiger partial charge in [0.2, 0.25) is 0 Å². The number of ketones is 1. The SMILES string of the molecule is CC(=O)c1cccc(F)c1N1CCN(CC(F)(F)F)CC1. The first-order valence-corrected chi connectivity index (χ1v) is 6.61. The van der Waals surface area contributed by atoms with E-state index in [1.54, 1.807) is 4.90 Å². The van der Waals surface area contributed by atoms with Crippen LogP contribution in [0.3, 0.4) is 0 Å². The zero-order valence-corrected chi connectivity index (χ0v) is 11.6. The molecule has 1 aromatic rings. The van der Waals surface area contributed by atoms with Crippen LogP contribution >= 0.6 is 0 Å². The quantitative estimate of drug-likeness (QED) is 0.634. The van der Waals surface area contributed by atoms with Crippen LogP contribution in [0.25, 0.3) is 0 Å². The Morgan fingerprint density at radius 2 is 1.81 bits per heavy atom. The molecule has 0 bridgehead atoms. The Balaban J connectivity index is 2.11. The van der Waals surface area contributed by atoms with Crippen molar-refractivity contribution in [2.75, 3.05) is 37.6 Å². The number of nitrogens with zero attached hydrogens (tertiary/aromatic N) is 2. The Labute approximate surface area is 120 Å². The van der Waals surface area contributed by atoms with Gasteiger partial charge in [0.15, 0.2) is 5.78 Å². The van der Waals surface area contributed by atoms with Crippen molar-refractivity contribution in [3.63, 3.8) is 0 Å². The Bertz CT molecular complexity index is 522. The van der Waals surface area contributed by atoms with Gasteiger partial charge in [-0.25, -0.2) is 4.39 Å². The van der Waals surface area contributed by atoms with E-state index in [1.165, 1.54) is 30.0 Å². The first-order chi connectivity index (χ1) is 9.78. The second-order valence-electron chi connectivity index (χ2n) is 5.07. The van der Waals surface area contributed by atoms with Gasteiger partial charge in [0, 0.05) is 31.7 Å². The van der Waals surface area contributed by atoms with E-state index in [9.17, 15) is 22.4 Å². The van der Waals surface area contributed by atoms with Crippen molar-refractivity contribution in [1.82, 2.24) is 4.90 Å². The van der Waals surface area contributed by atoms with E-state index < -0.39 is 18.5 Å². The summed E-state index contributed by atoms with van der Waals surface area (Å²) in [6, 6.07) is 4.24. The van der Waals surface area contributed by atoms with E-state index in [0.717, 1.165) is 0 Å².